The van der Waals surface area contributed by atoms with Gasteiger partial charge in [-0.1, -0.05) is 48.5 Å². The van der Waals surface area contributed by atoms with Crippen LogP contribution in [0.25, 0.3) is 0 Å². The van der Waals surface area contributed by atoms with Crippen LogP contribution in [0, 0.1) is 0 Å². The summed E-state index contributed by atoms with van der Waals surface area (Å²) in [6, 6.07) is 15.0. The van der Waals surface area contributed by atoms with Crippen molar-refractivity contribution >= 4 is 18.3 Å². The second kappa shape index (κ2) is 10.6. The minimum absolute atomic E-state index is 0. The lowest BCUT2D eigenvalue weighted by Crippen LogP contribution is -2.57. The van der Waals surface area contributed by atoms with Gasteiger partial charge in [0, 0.05) is 38.3 Å². The number of rotatable bonds is 6. The van der Waals surface area contributed by atoms with E-state index in [-0.39, 0.29) is 12.4 Å². The molecule has 2 aromatic carbocycles. The standard InChI is InChI=1S/C21H24F3N3O.ClH/c22-21(23,24)19(27-12-10-25-11-13-27)15-26-20(28)18-9-5-4-8-17(18)14-16-6-2-1-3-7-16;/h1-9,19,25H,10-15H2,(H,26,28);1H. The van der Waals surface area contributed by atoms with Gasteiger partial charge in [-0.25, -0.2) is 0 Å². The van der Waals surface area contributed by atoms with E-state index in [1.54, 1.807) is 12.1 Å². The van der Waals surface area contributed by atoms with Gasteiger partial charge in [0.1, 0.15) is 6.04 Å². The summed E-state index contributed by atoms with van der Waals surface area (Å²) in [7, 11) is 0. The van der Waals surface area contributed by atoms with E-state index >= 15 is 0 Å². The summed E-state index contributed by atoms with van der Waals surface area (Å²) in [5.41, 5.74) is 2.24. The molecule has 158 valence electrons. The predicted molar refractivity (Wildman–Crippen MR) is 110 cm³/mol. The first-order chi connectivity index (χ1) is 13.4. The fraction of sp³-hybridized carbons (Fsp3) is 0.381. The Morgan fingerprint density at radius 3 is 2.31 bits per heavy atom. The zero-order valence-corrected chi connectivity index (χ0v) is 16.7. The summed E-state index contributed by atoms with van der Waals surface area (Å²) < 4.78 is 40.5. The van der Waals surface area contributed by atoms with Crippen LogP contribution in [-0.4, -0.2) is 55.7 Å². The van der Waals surface area contributed by atoms with Crippen LogP contribution in [0.5, 0.6) is 0 Å². The minimum Gasteiger partial charge on any atom is -0.350 e. The van der Waals surface area contributed by atoms with Crippen LogP contribution in [0.15, 0.2) is 54.6 Å². The van der Waals surface area contributed by atoms with Crippen molar-refractivity contribution < 1.29 is 18.0 Å². The van der Waals surface area contributed by atoms with Gasteiger partial charge in [-0.2, -0.15) is 13.2 Å². The van der Waals surface area contributed by atoms with Gasteiger partial charge in [0.25, 0.3) is 5.91 Å². The normalized spacial score (nSPS) is 16.0. The summed E-state index contributed by atoms with van der Waals surface area (Å²) in [6.07, 6.45) is -3.85. The highest BCUT2D eigenvalue weighted by atomic mass is 35.5. The van der Waals surface area contributed by atoms with Crippen molar-refractivity contribution in [2.24, 2.45) is 0 Å². The quantitative estimate of drug-likeness (QED) is 0.743. The van der Waals surface area contributed by atoms with Gasteiger partial charge >= 0.3 is 6.18 Å². The van der Waals surface area contributed by atoms with E-state index in [0.717, 1.165) is 11.1 Å². The Bertz CT molecular complexity index is 780. The van der Waals surface area contributed by atoms with Gasteiger partial charge in [0.2, 0.25) is 0 Å². The number of nitrogens with one attached hydrogen (secondary N) is 2. The Morgan fingerprint density at radius 1 is 1.03 bits per heavy atom. The topological polar surface area (TPSA) is 44.4 Å². The molecule has 1 amide bonds. The van der Waals surface area contributed by atoms with E-state index in [0.29, 0.717) is 38.2 Å². The SMILES string of the molecule is Cl.O=C(NCC(N1CCNCC1)C(F)(F)F)c1ccccc1Cc1ccccc1. The number of hydrogen-bond donors (Lipinski definition) is 2. The lowest BCUT2D eigenvalue weighted by Gasteiger charge is -2.36. The van der Waals surface area contributed by atoms with E-state index in [1.807, 2.05) is 42.5 Å². The van der Waals surface area contributed by atoms with Crippen molar-refractivity contribution in [1.82, 2.24) is 15.5 Å². The minimum atomic E-state index is -4.39. The van der Waals surface area contributed by atoms with Crippen molar-refractivity contribution in [3.63, 3.8) is 0 Å². The van der Waals surface area contributed by atoms with Gasteiger partial charge in [-0.15, -0.1) is 12.4 Å². The summed E-state index contributed by atoms with van der Waals surface area (Å²) in [5.74, 6) is -0.476. The fourth-order valence-corrected chi connectivity index (χ4v) is 3.44. The highest BCUT2D eigenvalue weighted by Crippen LogP contribution is 2.25. The lowest BCUT2D eigenvalue weighted by molar-refractivity contribution is -0.183. The Labute approximate surface area is 174 Å². The molecule has 1 unspecified atom stereocenters. The summed E-state index contributed by atoms with van der Waals surface area (Å²) >= 11 is 0. The first kappa shape index (κ1) is 23.2. The van der Waals surface area contributed by atoms with Crippen LogP contribution in [0.3, 0.4) is 0 Å². The molecular weight excluding hydrogens is 403 g/mol. The Balaban J connectivity index is 0.00000300. The number of hydrogen-bond acceptors (Lipinski definition) is 3. The molecule has 29 heavy (non-hydrogen) atoms. The zero-order valence-electron chi connectivity index (χ0n) is 15.9. The van der Waals surface area contributed by atoms with Crippen molar-refractivity contribution in [3.8, 4) is 0 Å². The highest BCUT2D eigenvalue weighted by molar-refractivity contribution is 5.95. The number of amides is 1. The Morgan fingerprint density at radius 2 is 1.66 bits per heavy atom. The number of benzene rings is 2. The zero-order chi connectivity index (χ0) is 20.0. The maximum absolute atomic E-state index is 13.5. The maximum atomic E-state index is 13.5. The second-order valence-corrected chi connectivity index (χ2v) is 6.87. The van der Waals surface area contributed by atoms with E-state index in [1.165, 1.54) is 4.90 Å². The predicted octanol–water partition coefficient (Wildman–Crippen LogP) is 3.27. The fourth-order valence-electron chi connectivity index (χ4n) is 3.44. The average molecular weight is 428 g/mol. The molecule has 4 nitrogen and oxygen atoms in total. The summed E-state index contributed by atoms with van der Waals surface area (Å²) in [4.78, 5) is 14.0. The second-order valence-electron chi connectivity index (χ2n) is 6.87. The first-order valence-electron chi connectivity index (χ1n) is 9.36. The Kier molecular flexibility index (Phi) is 8.49. The monoisotopic (exact) mass is 427 g/mol. The van der Waals surface area contributed by atoms with Crippen molar-refractivity contribution in [2.45, 2.75) is 18.6 Å². The van der Waals surface area contributed by atoms with Crippen LogP contribution < -0.4 is 10.6 Å². The molecule has 1 atom stereocenters. The lowest BCUT2D eigenvalue weighted by atomic mass is 9.99. The first-order valence-corrected chi connectivity index (χ1v) is 9.36. The van der Waals surface area contributed by atoms with E-state index in [2.05, 4.69) is 10.6 Å². The number of carbonyl (C=O) groups excluding carboxylic acids is 1. The molecule has 1 aliphatic heterocycles. The van der Waals surface area contributed by atoms with Gasteiger partial charge < -0.3 is 10.6 Å². The maximum Gasteiger partial charge on any atom is 0.405 e. The molecule has 1 saturated heterocycles. The Hall–Kier alpha value is -2.09. The summed E-state index contributed by atoms with van der Waals surface area (Å²) in [6.45, 7) is 1.19. The molecule has 0 saturated carbocycles. The van der Waals surface area contributed by atoms with Crippen LogP contribution in [0.1, 0.15) is 21.5 Å². The molecule has 3 rings (SSSR count). The molecule has 2 aromatic rings. The van der Waals surface area contributed by atoms with Gasteiger partial charge in [-0.3, -0.25) is 9.69 Å². The molecule has 0 aliphatic carbocycles. The van der Waals surface area contributed by atoms with E-state index in [4.69, 9.17) is 0 Å². The number of alkyl halides is 3. The van der Waals surface area contributed by atoms with Crippen LogP contribution >= 0.6 is 12.4 Å². The van der Waals surface area contributed by atoms with Crippen LogP contribution in [0.4, 0.5) is 13.2 Å². The number of carbonyl (C=O) groups is 1. The van der Waals surface area contributed by atoms with E-state index in [9.17, 15) is 18.0 Å². The van der Waals surface area contributed by atoms with Crippen LogP contribution in [-0.2, 0) is 6.42 Å². The van der Waals surface area contributed by atoms with Crippen molar-refractivity contribution in [2.75, 3.05) is 32.7 Å². The van der Waals surface area contributed by atoms with Gasteiger partial charge in [0.15, 0.2) is 0 Å². The van der Waals surface area contributed by atoms with E-state index < -0.39 is 24.7 Å². The van der Waals surface area contributed by atoms with Crippen LogP contribution in [0.2, 0.25) is 0 Å². The van der Waals surface area contributed by atoms with Crippen molar-refractivity contribution in [3.05, 3.63) is 71.3 Å². The van der Waals surface area contributed by atoms with Gasteiger partial charge in [-0.05, 0) is 23.6 Å². The smallest absolute Gasteiger partial charge is 0.350 e. The third kappa shape index (κ3) is 6.45. The third-order valence-electron chi connectivity index (χ3n) is 4.93. The molecule has 0 spiro atoms. The number of nitrogens with zero attached hydrogens (tertiary/aromatic N) is 1. The molecule has 1 fully saturated rings. The molecule has 2 N–H and O–H groups in total. The van der Waals surface area contributed by atoms with Crippen molar-refractivity contribution in [1.29, 1.82) is 0 Å². The highest BCUT2D eigenvalue weighted by Gasteiger charge is 2.43. The molecule has 0 bridgehead atoms. The number of piperazine rings is 1. The van der Waals surface area contributed by atoms with Gasteiger partial charge in [0.05, 0.1) is 0 Å². The average Bonchev–Trinajstić information content (AvgIpc) is 2.69. The summed E-state index contributed by atoms with van der Waals surface area (Å²) in [5, 5.41) is 5.55. The number of halogens is 4. The molecule has 0 radical (unpaired) electrons. The molecule has 0 aromatic heterocycles. The molecular formula is C21H25ClF3N3O. The molecule has 1 heterocycles. The largest absolute Gasteiger partial charge is 0.405 e. The molecule has 8 heteroatoms. The third-order valence-corrected chi connectivity index (χ3v) is 4.93. The molecule has 1 aliphatic rings.